The number of rotatable bonds is 0. The fourth-order valence-corrected chi connectivity index (χ4v) is 0.248. The zero-order chi connectivity index (χ0) is 3.86. The van der Waals surface area contributed by atoms with Gasteiger partial charge in [0.2, 0.25) is 0 Å². The third kappa shape index (κ3) is 0.428. The van der Waals surface area contributed by atoms with Crippen molar-refractivity contribution in [2.45, 2.75) is 13.0 Å². The molecule has 0 amide bonds. The molecule has 1 fully saturated rings. The molecule has 0 aromatic heterocycles. The van der Waals surface area contributed by atoms with E-state index in [1.165, 1.54) is 0 Å². The van der Waals surface area contributed by atoms with Crippen LogP contribution in [0.5, 0.6) is 0 Å². The van der Waals surface area contributed by atoms with Crippen molar-refractivity contribution in [1.29, 1.82) is 0 Å². The summed E-state index contributed by atoms with van der Waals surface area (Å²) in [4.78, 5) is 0. The zero-order valence-electron chi connectivity index (χ0n) is 3.23. The van der Waals surface area contributed by atoms with E-state index in [4.69, 9.17) is 5.73 Å². The molecule has 2 radical (unpaired) electrons. The van der Waals surface area contributed by atoms with Gasteiger partial charge in [0.05, 0.1) is 0 Å². The van der Waals surface area contributed by atoms with Crippen molar-refractivity contribution in [1.82, 2.24) is 0 Å². The molecule has 0 aromatic carbocycles. The highest BCUT2D eigenvalue weighted by atomic mass is 14.7. The largest absolute Gasteiger partial charge is 0.327 e. The molecule has 0 saturated heterocycles. The Hall–Kier alpha value is -0.0400. The molecule has 0 aromatic rings. The van der Waals surface area contributed by atoms with Gasteiger partial charge in [0, 0.05) is 12.5 Å². The minimum Gasteiger partial charge on any atom is -0.327 e. The summed E-state index contributed by atoms with van der Waals surface area (Å²) in [6.07, 6.45) is 2.97. The Morgan fingerprint density at radius 1 is 1.80 bits per heavy atom. The Balaban J connectivity index is 2.20. The average Bonchev–Trinajstić information content (AvgIpc) is 1.79. The molecule has 28 valence electrons. The second-order valence-corrected chi connectivity index (χ2v) is 1.48. The van der Waals surface area contributed by atoms with Gasteiger partial charge in [-0.15, -0.1) is 0 Å². The SMILES string of the molecule is CC1[C]C1N. The van der Waals surface area contributed by atoms with Crippen LogP contribution in [0.1, 0.15) is 6.92 Å². The minimum absolute atomic E-state index is 0.301. The van der Waals surface area contributed by atoms with Crippen molar-refractivity contribution in [3.8, 4) is 0 Å². The summed E-state index contributed by atoms with van der Waals surface area (Å²) in [5.74, 6) is 0.579. The van der Waals surface area contributed by atoms with Crippen molar-refractivity contribution in [2.24, 2.45) is 11.7 Å². The lowest BCUT2D eigenvalue weighted by molar-refractivity contribution is 0.897. The summed E-state index contributed by atoms with van der Waals surface area (Å²) in [6, 6.07) is 0.301. The molecule has 1 heteroatoms. The quantitative estimate of drug-likeness (QED) is 0.427. The van der Waals surface area contributed by atoms with Gasteiger partial charge in [-0.05, 0) is 5.92 Å². The fraction of sp³-hybridized carbons (Fsp3) is 0.750. The first-order valence-corrected chi connectivity index (χ1v) is 1.82. The van der Waals surface area contributed by atoms with Crippen molar-refractivity contribution in [3.05, 3.63) is 6.42 Å². The molecule has 2 atom stereocenters. The van der Waals surface area contributed by atoms with E-state index in [0.29, 0.717) is 12.0 Å². The van der Waals surface area contributed by atoms with Gasteiger partial charge < -0.3 is 5.73 Å². The van der Waals surface area contributed by atoms with Gasteiger partial charge in [-0.2, -0.15) is 0 Å². The highest BCUT2D eigenvalue weighted by molar-refractivity contribution is 5.06. The van der Waals surface area contributed by atoms with Crippen LogP contribution < -0.4 is 5.73 Å². The fourth-order valence-electron chi connectivity index (χ4n) is 0.248. The normalized spacial score (nSPS) is 49.2. The Morgan fingerprint density at radius 2 is 2.00 bits per heavy atom. The van der Waals surface area contributed by atoms with Crippen LogP contribution >= 0.6 is 0 Å². The first kappa shape index (κ1) is 3.16. The van der Waals surface area contributed by atoms with Gasteiger partial charge in [0.25, 0.3) is 0 Å². The van der Waals surface area contributed by atoms with Crippen LogP contribution in [0.4, 0.5) is 0 Å². The van der Waals surface area contributed by atoms with Crippen LogP contribution in [0.15, 0.2) is 0 Å². The summed E-state index contributed by atoms with van der Waals surface area (Å²) >= 11 is 0. The van der Waals surface area contributed by atoms with E-state index in [2.05, 4.69) is 13.3 Å². The topological polar surface area (TPSA) is 26.0 Å². The molecule has 1 saturated carbocycles. The van der Waals surface area contributed by atoms with E-state index in [9.17, 15) is 0 Å². The minimum atomic E-state index is 0.301. The van der Waals surface area contributed by atoms with Gasteiger partial charge in [0.1, 0.15) is 0 Å². The van der Waals surface area contributed by atoms with Crippen molar-refractivity contribution in [3.63, 3.8) is 0 Å². The smallest absolute Gasteiger partial charge is 0.0143 e. The van der Waals surface area contributed by atoms with E-state index in [-0.39, 0.29) is 0 Å². The van der Waals surface area contributed by atoms with Gasteiger partial charge in [-0.25, -0.2) is 0 Å². The van der Waals surface area contributed by atoms with E-state index in [1.807, 2.05) is 0 Å². The molecule has 0 bridgehead atoms. The average molecular weight is 69.1 g/mol. The standard InChI is InChI=1S/C4H7N/c1-3-2-4(3)5/h3-4H,5H2,1H3. The molecule has 0 heterocycles. The molecular weight excluding hydrogens is 62.1 g/mol. The van der Waals surface area contributed by atoms with E-state index in [1.54, 1.807) is 0 Å². The maximum atomic E-state index is 5.25. The van der Waals surface area contributed by atoms with Gasteiger partial charge in [0.15, 0.2) is 0 Å². The van der Waals surface area contributed by atoms with E-state index < -0.39 is 0 Å². The molecule has 1 rings (SSSR count). The molecular formula is C4H7N. The third-order valence-corrected chi connectivity index (χ3v) is 0.885. The second-order valence-electron chi connectivity index (χ2n) is 1.48. The zero-order valence-corrected chi connectivity index (χ0v) is 3.23. The summed E-state index contributed by atoms with van der Waals surface area (Å²) in [7, 11) is 0. The number of nitrogens with two attached hydrogens (primary N) is 1. The van der Waals surface area contributed by atoms with Crippen molar-refractivity contribution >= 4 is 0 Å². The first-order valence-electron chi connectivity index (χ1n) is 1.82. The Morgan fingerprint density at radius 3 is 2.00 bits per heavy atom. The molecule has 1 nitrogen and oxygen atoms in total. The summed E-state index contributed by atoms with van der Waals surface area (Å²) in [6.45, 7) is 2.06. The number of hydrogen-bond acceptors (Lipinski definition) is 1. The van der Waals surface area contributed by atoms with Crippen LogP contribution in [-0.4, -0.2) is 6.04 Å². The van der Waals surface area contributed by atoms with Crippen LogP contribution in [0.25, 0.3) is 0 Å². The molecule has 1 aliphatic rings. The lowest BCUT2D eigenvalue weighted by atomic mass is 10.5. The maximum absolute atomic E-state index is 5.25. The maximum Gasteiger partial charge on any atom is 0.0143 e. The Labute approximate surface area is 32.2 Å². The van der Waals surface area contributed by atoms with Crippen molar-refractivity contribution < 1.29 is 0 Å². The van der Waals surface area contributed by atoms with Crippen LogP contribution in [-0.2, 0) is 0 Å². The van der Waals surface area contributed by atoms with E-state index >= 15 is 0 Å². The Bertz CT molecular complexity index is 36.9. The third-order valence-electron chi connectivity index (χ3n) is 0.885. The van der Waals surface area contributed by atoms with Crippen molar-refractivity contribution in [2.75, 3.05) is 0 Å². The lowest BCUT2D eigenvalue weighted by Gasteiger charge is -1.68. The van der Waals surface area contributed by atoms with Crippen LogP contribution in [0, 0.1) is 12.3 Å². The monoisotopic (exact) mass is 69.1 g/mol. The van der Waals surface area contributed by atoms with Crippen LogP contribution in [0.3, 0.4) is 0 Å². The summed E-state index contributed by atoms with van der Waals surface area (Å²) < 4.78 is 0. The molecule has 5 heavy (non-hydrogen) atoms. The Kier molecular flexibility index (Phi) is 0.453. The molecule has 0 spiro atoms. The summed E-state index contributed by atoms with van der Waals surface area (Å²) in [5, 5.41) is 0. The van der Waals surface area contributed by atoms with E-state index in [0.717, 1.165) is 0 Å². The molecule has 2 unspecified atom stereocenters. The van der Waals surface area contributed by atoms with Gasteiger partial charge in [-0.3, -0.25) is 0 Å². The summed E-state index contributed by atoms with van der Waals surface area (Å²) in [5.41, 5.74) is 5.25. The van der Waals surface area contributed by atoms with Crippen LogP contribution in [0.2, 0.25) is 0 Å². The second kappa shape index (κ2) is 0.716. The van der Waals surface area contributed by atoms with Gasteiger partial charge in [-0.1, -0.05) is 6.92 Å². The highest BCUT2D eigenvalue weighted by Crippen LogP contribution is 2.23. The lowest BCUT2D eigenvalue weighted by Crippen LogP contribution is -1.98. The van der Waals surface area contributed by atoms with Gasteiger partial charge >= 0.3 is 0 Å². The number of hydrogen-bond donors (Lipinski definition) is 1. The molecule has 2 N–H and O–H groups in total. The molecule has 1 aliphatic carbocycles. The predicted octanol–water partition coefficient (Wildman–Crippen LogP) is 0.0447. The predicted molar refractivity (Wildman–Crippen MR) is 20.4 cm³/mol. The first-order chi connectivity index (χ1) is 2.30. The molecule has 0 aliphatic heterocycles. The highest BCUT2D eigenvalue weighted by Gasteiger charge is 2.28.